The second-order valence-electron chi connectivity index (χ2n) is 7.40. The summed E-state index contributed by atoms with van der Waals surface area (Å²) in [4.78, 5) is 27.3. The fourth-order valence-corrected chi connectivity index (χ4v) is 7.69. The van der Waals surface area contributed by atoms with Crippen molar-refractivity contribution in [2.75, 3.05) is 0 Å². The fourth-order valence-electron chi connectivity index (χ4n) is 4.43. The standard InChI is InChI=1S/C23H16Cl2O2S2/c24-22-14-11-12-15(13-14)23(22,25)21(27)19(29-17-9-5-2-6-10-17)18(20(22)26)28-16-7-3-1-4-8-16/h1-12,14-15H,13H2/t14-,15+,22-,23+. The van der Waals surface area contributed by atoms with Gasteiger partial charge in [-0.15, -0.1) is 23.2 Å². The third-order valence-corrected chi connectivity index (χ3v) is 9.77. The molecule has 0 aliphatic heterocycles. The smallest absolute Gasteiger partial charge is 0.194 e. The number of carbonyl (C=O) groups excluding carboxylic acids is 2. The van der Waals surface area contributed by atoms with Gasteiger partial charge in [-0.1, -0.05) is 72.1 Å². The highest BCUT2D eigenvalue weighted by molar-refractivity contribution is 8.08. The third kappa shape index (κ3) is 2.73. The first-order chi connectivity index (χ1) is 14.0. The molecule has 5 rings (SSSR count). The SMILES string of the molecule is O=C1C(Sc2ccccc2)=C(Sc2ccccc2)C(=O)[C@]2(Cl)[C@@H]3C=C[C@@H](C3)[C@]12Cl. The van der Waals surface area contributed by atoms with Gasteiger partial charge in [-0.3, -0.25) is 9.59 Å². The van der Waals surface area contributed by atoms with Crippen LogP contribution in [0, 0.1) is 11.8 Å². The Kier molecular flexibility index (Phi) is 4.74. The fraction of sp³-hybridized carbons (Fsp3) is 0.217. The van der Waals surface area contributed by atoms with Crippen molar-refractivity contribution in [2.45, 2.75) is 26.0 Å². The lowest BCUT2D eigenvalue weighted by Gasteiger charge is -2.44. The van der Waals surface area contributed by atoms with E-state index in [1.54, 1.807) is 0 Å². The number of benzene rings is 2. The number of thioether (sulfide) groups is 2. The molecule has 2 aromatic carbocycles. The minimum absolute atomic E-state index is 0.224. The van der Waals surface area contributed by atoms with Crippen LogP contribution in [0.5, 0.6) is 0 Å². The van der Waals surface area contributed by atoms with E-state index in [9.17, 15) is 9.59 Å². The summed E-state index contributed by atoms with van der Waals surface area (Å²) >= 11 is 16.5. The largest absolute Gasteiger partial charge is 0.291 e. The number of ketones is 2. The van der Waals surface area contributed by atoms with Crippen LogP contribution in [0.2, 0.25) is 0 Å². The maximum atomic E-state index is 13.8. The van der Waals surface area contributed by atoms with E-state index in [4.69, 9.17) is 23.2 Å². The predicted octanol–water partition coefficient (Wildman–Crippen LogP) is 6.10. The molecule has 0 unspecified atom stereocenters. The molecule has 2 nitrogen and oxygen atoms in total. The lowest BCUT2D eigenvalue weighted by atomic mass is 9.73. The quantitative estimate of drug-likeness (QED) is 0.409. The summed E-state index contributed by atoms with van der Waals surface area (Å²) in [6, 6.07) is 19.1. The van der Waals surface area contributed by atoms with Crippen molar-refractivity contribution in [2.24, 2.45) is 11.8 Å². The van der Waals surface area contributed by atoms with E-state index in [0.717, 1.165) is 9.79 Å². The molecule has 1 fully saturated rings. The third-order valence-electron chi connectivity index (χ3n) is 5.84. The molecule has 4 atom stereocenters. The minimum Gasteiger partial charge on any atom is -0.291 e. The van der Waals surface area contributed by atoms with E-state index >= 15 is 0 Å². The van der Waals surface area contributed by atoms with Crippen molar-refractivity contribution >= 4 is 58.3 Å². The normalized spacial score (nSPS) is 32.8. The molecule has 1 saturated carbocycles. The van der Waals surface area contributed by atoms with Gasteiger partial charge in [-0.25, -0.2) is 0 Å². The molecular weight excluding hydrogens is 443 g/mol. The number of hydrogen-bond acceptors (Lipinski definition) is 4. The average molecular weight is 459 g/mol. The summed E-state index contributed by atoms with van der Waals surface area (Å²) in [6.45, 7) is 0. The summed E-state index contributed by atoms with van der Waals surface area (Å²) in [7, 11) is 0. The van der Waals surface area contributed by atoms with Crippen LogP contribution in [-0.4, -0.2) is 21.3 Å². The summed E-state index contributed by atoms with van der Waals surface area (Å²) in [5, 5.41) is 0. The van der Waals surface area contributed by atoms with E-state index in [-0.39, 0.29) is 23.4 Å². The zero-order valence-corrected chi connectivity index (χ0v) is 18.3. The highest BCUT2D eigenvalue weighted by Crippen LogP contribution is 2.65. The molecule has 3 aliphatic carbocycles. The molecular formula is C23H16Cl2O2S2. The van der Waals surface area contributed by atoms with Gasteiger partial charge in [0.25, 0.3) is 0 Å². The molecule has 0 N–H and O–H groups in total. The monoisotopic (exact) mass is 458 g/mol. The average Bonchev–Trinajstić information content (AvgIpc) is 3.32. The van der Waals surface area contributed by atoms with Gasteiger partial charge < -0.3 is 0 Å². The zero-order chi connectivity index (χ0) is 20.2. The highest BCUT2D eigenvalue weighted by Gasteiger charge is 2.74. The van der Waals surface area contributed by atoms with Gasteiger partial charge in [-0.2, -0.15) is 0 Å². The number of halogens is 2. The van der Waals surface area contributed by atoms with Crippen LogP contribution in [0.15, 0.2) is 92.4 Å². The molecule has 146 valence electrons. The van der Waals surface area contributed by atoms with E-state index in [0.29, 0.717) is 16.2 Å². The summed E-state index contributed by atoms with van der Waals surface area (Å²) in [5.41, 5.74) is 0. The van der Waals surface area contributed by atoms with Gasteiger partial charge in [0.1, 0.15) is 9.75 Å². The van der Waals surface area contributed by atoms with Gasteiger partial charge in [-0.05, 0) is 30.7 Å². The van der Waals surface area contributed by atoms with E-state index in [1.165, 1.54) is 23.5 Å². The van der Waals surface area contributed by atoms with E-state index in [1.807, 2.05) is 72.8 Å². The van der Waals surface area contributed by atoms with Crippen LogP contribution in [0.25, 0.3) is 0 Å². The van der Waals surface area contributed by atoms with Crippen LogP contribution in [0.3, 0.4) is 0 Å². The lowest BCUT2D eigenvalue weighted by molar-refractivity contribution is -0.127. The van der Waals surface area contributed by atoms with E-state index < -0.39 is 9.75 Å². The molecule has 2 bridgehead atoms. The van der Waals surface area contributed by atoms with E-state index in [2.05, 4.69) is 0 Å². The number of fused-ring (bicyclic) bond motifs is 5. The Labute approximate surface area is 187 Å². The Balaban J connectivity index is 1.67. The summed E-state index contributed by atoms with van der Waals surface area (Å²) in [6.07, 6.45) is 4.53. The Morgan fingerprint density at radius 2 is 1.07 bits per heavy atom. The topological polar surface area (TPSA) is 34.1 Å². The maximum absolute atomic E-state index is 13.8. The molecule has 0 saturated heterocycles. The second-order valence-corrected chi connectivity index (χ2v) is 10.8. The van der Waals surface area contributed by atoms with Crippen LogP contribution in [0.1, 0.15) is 6.42 Å². The first-order valence-corrected chi connectivity index (χ1v) is 11.7. The Bertz CT molecular complexity index is 983. The molecule has 2 aromatic rings. The molecule has 0 spiro atoms. The molecule has 6 heteroatoms. The number of hydrogen-bond donors (Lipinski definition) is 0. The van der Waals surface area contributed by atoms with Crippen molar-refractivity contribution in [1.82, 2.24) is 0 Å². The molecule has 3 aliphatic rings. The number of rotatable bonds is 4. The Morgan fingerprint density at radius 3 is 1.45 bits per heavy atom. The van der Waals surface area contributed by atoms with Crippen LogP contribution < -0.4 is 0 Å². The molecule has 0 radical (unpaired) electrons. The summed E-state index contributed by atoms with van der Waals surface area (Å²) in [5.74, 6) is -0.925. The number of alkyl halides is 2. The first kappa shape index (κ1) is 19.5. The minimum atomic E-state index is -1.43. The zero-order valence-electron chi connectivity index (χ0n) is 15.2. The van der Waals surface area contributed by atoms with Gasteiger partial charge in [0.15, 0.2) is 11.6 Å². The Hall–Kier alpha value is -1.46. The van der Waals surface area contributed by atoms with Crippen molar-refractivity contribution in [3.63, 3.8) is 0 Å². The first-order valence-electron chi connectivity index (χ1n) is 9.32. The Morgan fingerprint density at radius 1 is 0.690 bits per heavy atom. The van der Waals surface area contributed by atoms with Crippen LogP contribution >= 0.6 is 46.7 Å². The van der Waals surface area contributed by atoms with Crippen molar-refractivity contribution in [3.8, 4) is 0 Å². The van der Waals surface area contributed by atoms with Crippen molar-refractivity contribution < 1.29 is 9.59 Å². The lowest BCUT2D eigenvalue weighted by Crippen LogP contribution is -2.62. The van der Waals surface area contributed by atoms with Crippen molar-refractivity contribution in [3.05, 3.63) is 82.6 Å². The van der Waals surface area contributed by atoms with Crippen LogP contribution in [-0.2, 0) is 9.59 Å². The molecule has 0 aromatic heterocycles. The van der Waals surface area contributed by atoms with Crippen LogP contribution in [0.4, 0.5) is 0 Å². The molecule has 29 heavy (non-hydrogen) atoms. The highest BCUT2D eigenvalue weighted by atomic mass is 35.5. The summed E-state index contributed by atoms with van der Waals surface area (Å²) < 4.78 is 0. The van der Waals surface area contributed by atoms with Crippen molar-refractivity contribution in [1.29, 1.82) is 0 Å². The number of carbonyl (C=O) groups is 2. The van der Waals surface area contributed by atoms with Gasteiger partial charge in [0, 0.05) is 21.6 Å². The van der Waals surface area contributed by atoms with Gasteiger partial charge in [0.05, 0.1) is 9.81 Å². The maximum Gasteiger partial charge on any atom is 0.194 e. The van der Waals surface area contributed by atoms with Gasteiger partial charge >= 0.3 is 0 Å². The molecule has 0 amide bonds. The number of Topliss-reactive ketones (excluding diaryl/α,β-unsaturated/α-hetero) is 2. The number of allylic oxidation sites excluding steroid dienone is 4. The second kappa shape index (κ2) is 7.05. The van der Waals surface area contributed by atoms with Gasteiger partial charge in [0.2, 0.25) is 0 Å². The predicted molar refractivity (Wildman–Crippen MR) is 120 cm³/mol. The molecule has 0 heterocycles.